The first-order chi connectivity index (χ1) is 15.0. The number of ether oxygens (including phenoxy) is 1. The molecule has 156 valence electrons. The Bertz CT molecular complexity index is 1120. The molecule has 0 spiro atoms. The Kier molecular flexibility index (Phi) is 5.85. The largest absolute Gasteiger partial charge is 0.478 e. The highest BCUT2D eigenvalue weighted by Crippen LogP contribution is 2.44. The summed E-state index contributed by atoms with van der Waals surface area (Å²) in [6.07, 6.45) is 2.90. The van der Waals surface area contributed by atoms with Gasteiger partial charge in [0.15, 0.2) is 0 Å². The first-order valence-corrected chi connectivity index (χ1v) is 10.1. The summed E-state index contributed by atoms with van der Waals surface area (Å²) in [5.74, 6) is -0.969. The zero-order valence-corrected chi connectivity index (χ0v) is 17.2. The lowest BCUT2D eigenvalue weighted by atomic mass is 9.98. The second kappa shape index (κ2) is 8.88. The predicted molar refractivity (Wildman–Crippen MR) is 120 cm³/mol. The van der Waals surface area contributed by atoms with E-state index in [9.17, 15) is 14.7 Å². The van der Waals surface area contributed by atoms with Gasteiger partial charge in [-0.25, -0.2) is 9.59 Å². The third-order valence-electron chi connectivity index (χ3n) is 5.44. The minimum atomic E-state index is -0.982. The van der Waals surface area contributed by atoms with Crippen molar-refractivity contribution in [3.63, 3.8) is 0 Å². The number of nitrogens with one attached hydrogen (secondary N) is 1. The SMILES string of the molecule is Cc1ccc(C(=O)O)c(C=CCNC(=O)OCC2c3ccccc3-c3ccccc32)c1. The molecule has 0 heterocycles. The van der Waals surface area contributed by atoms with Crippen molar-refractivity contribution in [2.24, 2.45) is 0 Å². The van der Waals surface area contributed by atoms with Crippen LogP contribution < -0.4 is 5.32 Å². The molecule has 0 fully saturated rings. The van der Waals surface area contributed by atoms with Crippen molar-refractivity contribution in [1.29, 1.82) is 0 Å². The Balaban J connectivity index is 1.35. The first-order valence-electron chi connectivity index (χ1n) is 10.1. The van der Waals surface area contributed by atoms with Gasteiger partial charge in [0.1, 0.15) is 6.61 Å². The minimum absolute atomic E-state index is 0.0131. The van der Waals surface area contributed by atoms with Gasteiger partial charge < -0.3 is 15.2 Å². The molecule has 4 rings (SSSR count). The van der Waals surface area contributed by atoms with Gasteiger partial charge in [0, 0.05) is 12.5 Å². The summed E-state index contributed by atoms with van der Waals surface area (Å²) in [5.41, 5.74) is 6.48. The number of carbonyl (C=O) groups excluding carboxylic acids is 1. The van der Waals surface area contributed by atoms with Crippen LogP contribution in [0.15, 0.2) is 72.8 Å². The van der Waals surface area contributed by atoms with Crippen LogP contribution in [-0.2, 0) is 4.74 Å². The number of aryl methyl sites for hydroxylation is 1. The number of hydrogen-bond acceptors (Lipinski definition) is 3. The van der Waals surface area contributed by atoms with E-state index in [2.05, 4.69) is 29.6 Å². The van der Waals surface area contributed by atoms with Gasteiger partial charge in [-0.05, 0) is 40.8 Å². The van der Waals surface area contributed by atoms with Crippen LogP contribution in [-0.4, -0.2) is 30.3 Å². The van der Waals surface area contributed by atoms with Crippen LogP contribution in [0.25, 0.3) is 17.2 Å². The average Bonchev–Trinajstić information content (AvgIpc) is 3.09. The fraction of sp³-hybridized carbons (Fsp3) is 0.154. The second-order valence-electron chi connectivity index (χ2n) is 7.50. The molecule has 0 bridgehead atoms. The molecule has 3 aromatic carbocycles. The summed E-state index contributed by atoms with van der Waals surface area (Å²) < 4.78 is 5.49. The zero-order valence-electron chi connectivity index (χ0n) is 17.2. The van der Waals surface area contributed by atoms with Gasteiger partial charge in [-0.3, -0.25) is 0 Å². The van der Waals surface area contributed by atoms with Crippen LogP contribution in [0.5, 0.6) is 0 Å². The second-order valence-corrected chi connectivity index (χ2v) is 7.50. The summed E-state index contributed by atoms with van der Waals surface area (Å²) in [6.45, 7) is 2.40. The maximum absolute atomic E-state index is 12.2. The van der Waals surface area contributed by atoms with E-state index in [1.807, 2.05) is 31.2 Å². The first kappa shape index (κ1) is 20.4. The van der Waals surface area contributed by atoms with Gasteiger partial charge in [0.05, 0.1) is 5.56 Å². The van der Waals surface area contributed by atoms with Crippen LogP contribution >= 0.6 is 0 Å². The van der Waals surface area contributed by atoms with E-state index < -0.39 is 12.1 Å². The molecule has 0 radical (unpaired) electrons. The number of carbonyl (C=O) groups is 2. The summed E-state index contributed by atoms with van der Waals surface area (Å²) in [4.78, 5) is 23.5. The molecule has 0 aromatic heterocycles. The number of rotatable bonds is 6. The Morgan fingerprint density at radius 2 is 1.65 bits per heavy atom. The van der Waals surface area contributed by atoms with Crippen molar-refractivity contribution in [3.05, 3.63) is 101 Å². The van der Waals surface area contributed by atoms with Crippen molar-refractivity contribution in [2.45, 2.75) is 12.8 Å². The molecule has 1 aliphatic rings. The molecule has 1 aliphatic carbocycles. The molecule has 0 saturated heterocycles. The number of hydrogen-bond donors (Lipinski definition) is 2. The molecule has 0 atom stereocenters. The van der Waals surface area contributed by atoms with Crippen LogP contribution in [0, 0.1) is 6.92 Å². The Hall–Kier alpha value is -3.86. The van der Waals surface area contributed by atoms with E-state index >= 15 is 0 Å². The van der Waals surface area contributed by atoms with Crippen LogP contribution in [0.1, 0.15) is 38.5 Å². The van der Waals surface area contributed by atoms with Gasteiger partial charge in [0.2, 0.25) is 0 Å². The number of carboxylic acid groups (broad SMARTS) is 1. The fourth-order valence-electron chi connectivity index (χ4n) is 3.99. The topological polar surface area (TPSA) is 75.6 Å². The molecule has 0 unspecified atom stereocenters. The number of fused-ring (bicyclic) bond motifs is 3. The van der Waals surface area contributed by atoms with Gasteiger partial charge in [-0.2, -0.15) is 0 Å². The maximum Gasteiger partial charge on any atom is 0.407 e. The van der Waals surface area contributed by atoms with Crippen LogP contribution in [0.3, 0.4) is 0 Å². The lowest BCUT2D eigenvalue weighted by Gasteiger charge is -2.14. The van der Waals surface area contributed by atoms with Gasteiger partial charge in [0.25, 0.3) is 0 Å². The molecule has 0 saturated carbocycles. The monoisotopic (exact) mass is 413 g/mol. The molecule has 0 aliphatic heterocycles. The van der Waals surface area contributed by atoms with Crippen molar-refractivity contribution in [3.8, 4) is 11.1 Å². The van der Waals surface area contributed by atoms with Crippen molar-refractivity contribution < 1.29 is 19.4 Å². The summed E-state index contributed by atoms with van der Waals surface area (Å²) in [6, 6.07) is 21.5. The molecule has 31 heavy (non-hydrogen) atoms. The predicted octanol–water partition coefficient (Wildman–Crippen LogP) is 5.25. The quantitative estimate of drug-likeness (QED) is 0.579. The number of aromatic carboxylic acids is 1. The molecule has 1 amide bonds. The van der Waals surface area contributed by atoms with Crippen LogP contribution in [0.2, 0.25) is 0 Å². The fourth-order valence-corrected chi connectivity index (χ4v) is 3.99. The Morgan fingerprint density at radius 1 is 1.00 bits per heavy atom. The number of benzene rings is 3. The number of amides is 1. The highest BCUT2D eigenvalue weighted by Gasteiger charge is 2.28. The molecule has 5 heteroatoms. The highest BCUT2D eigenvalue weighted by molar-refractivity contribution is 5.92. The molecule has 5 nitrogen and oxygen atoms in total. The summed E-state index contributed by atoms with van der Waals surface area (Å²) in [5, 5.41) is 12.0. The van der Waals surface area contributed by atoms with Crippen molar-refractivity contribution in [1.82, 2.24) is 5.32 Å². The van der Waals surface area contributed by atoms with E-state index in [0.717, 1.165) is 16.7 Å². The minimum Gasteiger partial charge on any atom is -0.478 e. The highest BCUT2D eigenvalue weighted by atomic mass is 16.5. The zero-order chi connectivity index (χ0) is 21.8. The lowest BCUT2D eigenvalue weighted by Crippen LogP contribution is -2.26. The van der Waals surface area contributed by atoms with Crippen molar-refractivity contribution >= 4 is 18.1 Å². The smallest absolute Gasteiger partial charge is 0.407 e. The van der Waals surface area contributed by atoms with E-state index in [0.29, 0.717) is 5.56 Å². The third-order valence-corrected chi connectivity index (χ3v) is 5.44. The molecule has 3 aromatic rings. The van der Waals surface area contributed by atoms with Gasteiger partial charge >= 0.3 is 12.1 Å². The van der Waals surface area contributed by atoms with Gasteiger partial charge in [-0.15, -0.1) is 0 Å². The molecular weight excluding hydrogens is 390 g/mol. The average molecular weight is 413 g/mol. The Labute approximate surface area is 181 Å². The number of carboxylic acids is 1. The van der Waals surface area contributed by atoms with E-state index in [4.69, 9.17) is 4.74 Å². The van der Waals surface area contributed by atoms with Gasteiger partial charge in [-0.1, -0.05) is 78.4 Å². The van der Waals surface area contributed by atoms with Crippen LogP contribution in [0.4, 0.5) is 4.79 Å². The standard InChI is InChI=1S/C26H23NO4/c1-17-12-13-19(25(28)29)18(15-17)7-6-14-27-26(30)31-16-24-22-10-4-2-8-20(22)21-9-3-5-11-23(21)24/h2-13,15,24H,14,16H2,1H3,(H,27,30)(H,28,29). The lowest BCUT2D eigenvalue weighted by molar-refractivity contribution is 0.0696. The normalized spacial score (nSPS) is 12.4. The molecule has 2 N–H and O–H groups in total. The van der Waals surface area contributed by atoms with Crippen molar-refractivity contribution in [2.75, 3.05) is 13.2 Å². The van der Waals surface area contributed by atoms with E-state index in [1.54, 1.807) is 30.4 Å². The Morgan fingerprint density at radius 3 is 2.29 bits per heavy atom. The number of alkyl carbamates (subject to hydrolysis) is 1. The molecular formula is C26H23NO4. The van der Waals surface area contributed by atoms with E-state index in [-0.39, 0.29) is 24.6 Å². The maximum atomic E-state index is 12.2. The summed E-state index contributed by atoms with van der Waals surface area (Å²) >= 11 is 0. The third kappa shape index (κ3) is 4.36. The summed E-state index contributed by atoms with van der Waals surface area (Å²) in [7, 11) is 0. The van der Waals surface area contributed by atoms with E-state index in [1.165, 1.54) is 11.1 Å².